The van der Waals surface area contributed by atoms with Crippen LogP contribution in [0.3, 0.4) is 0 Å². The van der Waals surface area contributed by atoms with Gasteiger partial charge in [0.25, 0.3) is 0 Å². The first-order chi connectivity index (χ1) is 18.7. The highest BCUT2D eigenvalue weighted by atomic mass is 32.1. The number of aromatic nitrogens is 5. The van der Waals surface area contributed by atoms with E-state index in [1.807, 2.05) is 43.7 Å². The Morgan fingerprint density at radius 2 is 1.79 bits per heavy atom. The third kappa shape index (κ3) is 4.26. The number of thiophene rings is 1. The molecular weight excluding hydrogens is 496 g/mol. The lowest BCUT2D eigenvalue weighted by molar-refractivity contribution is 0.171. The van der Waals surface area contributed by atoms with Crippen LogP contribution in [-0.4, -0.2) is 37.7 Å². The van der Waals surface area contributed by atoms with Crippen molar-refractivity contribution in [3.05, 3.63) is 90.6 Å². The van der Waals surface area contributed by atoms with Crippen LogP contribution < -0.4 is 14.8 Å². The topological polar surface area (TPSA) is 89.9 Å². The van der Waals surface area contributed by atoms with Crippen LogP contribution in [0.5, 0.6) is 11.5 Å². The lowest BCUT2D eigenvalue weighted by Crippen LogP contribution is -2.15. The molecule has 38 heavy (non-hydrogen) atoms. The van der Waals surface area contributed by atoms with Gasteiger partial charge in [0.2, 0.25) is 5.95 Å². The number of nitrogens with one attached hydrogen (secondary N) is 2. The molecule has 0 atom stereocenters. The highest BCUT2D eigenvalue weighted by Gasteiger charge is 2.16. The van der Waals surface area contributed by atoms with E-state index in [1.54, 1.807) is 11.3 Å². The molecule has 5 heterocycles. The maximum atomic E-state index is 5.78. The predicted molar refractivity (Wildman–Crippen MR) is 149 cm³/mol. The van der Waals surface area contributed by atoms with Gasteiger partial charge in [-0.05, 0) is 66.6 Å². The van der Waals surface area contributed by atoms with Crippen molar-refractivity contribution in [1.29, 1.82) is 0 Å². The van der Waals surface area contributed by atoms with Crippen molar-refractivity contribution >= 4 is 34.0 Å². The molecule has 0 saturated heterocycles. The minimum absolute atomic E-state index is 0.544. The van der Waals surface area contributed by atoms with Gasteiger partial charge < -0.3 is 24.3 Å². The first-order valence-corrected chi connectivity index (χ1v) is 13.2. The highest BCUT2D eigenvalue weighted by Crippen LogP contribution is 2.40. The van der Waals surface area contributed by atoms with Crippen LogP contribution >= 0.6 is 11.3 Å². The van der Waals surface area contributed by atoms with Gasteiger partial charge in [0.05, 0.1) is 10.6 Å². The van der Waals surface area contributed by atoms with Crippen LogP contribution in [0.2, 0.25) is 0 Å². The normalized spacial score (nSPS) is 12.7. The molecule has 0 spiro atoms. The number of nitrogens with zero attached hydrogens (tertiary/aromatic N) is 4. The average molecular weight is 521 g/mol. The maximum absolute atomic E-state index is 5.78. The first kappa shape index (κ1) is 22.6. The number of anilines is 2. The van der Waals surface area contributed by atoms with Crippen molar-refractivity contribution in [2.45, 2.75) is 13.5 Å². The molecular formula is C29H24N6O2S. The SMILES string of the molecule is Cc1nccn1Cc1ccc(Nc2nc(-c3ccc(-c4ccc5c(c4)OCCO5)s3)c3cc[nH]c3n2)cc1. The molecule has 8 nitrogen and oxygen atoms in total. The number of ether oxygens (including phenoxy) is 2. The van der Waals surface area contributed by atoms with Gasteiger partial charge in [-0.2, -0.15) is 4.98 Å². The Morgan fingerprint density at radius 1 is 0.947 bits per heavy atom. The molecule has 7 rings (SSSR count). The van der Waals surface area contributed by atoms with Gasteiger partial charge >= 0.3 is 0 Å². The Balaban J connectivity index is 1.16. The molecule has 6 aromatic rings. The van der Waals surface area contributed by atoms with Crippen molar-refractivity contribution < 1.29 is 9.47 Å². The number of rotatable bonds is 6. The number of hydrogen-bond acceptors (Lipinski definition) is 7. The lowest BCUT2D eigenvalue weighted by Gasteiger charge is -2.18. The third-order valence-corrected chi connectivity index (χ3v) is 7.71. The first-order valence-electron chi connectivity index (χ1n) is 12.4. The molecule has 4 aromatic heterocycles. The Kier molecular flexibility index (Phi) is 5.55. The van der Waals surface area contributed by atoms with Gasteiger partial charge in [0.15, 0.2) is 11.5 Å². The van der Waals surface area contributed by atoms with Crippen molar-refractivity contribution in [3.8, 4) is 32.5 Å². The van der Waals surface area contributed by atoms with Gasteiger partial charge in [-0.3, -0.25) is 0 Å². The Hall–Kier alpha value is -4.63. The van der Waals surface area contributed by atoms with Crippen LogP contribution in [0, 0.1) is 6.92 Å². The smallest absolute Gasteiger partial charge is 0.229 e. The summed E-state index contributed by atoms with van der Waals surface area (Å²) in [5.41, 5.74) is 4.90. The zero-order valence-electron chi connectivity index (χ0n) is 20.6. The van der Waals surface area contributed by atoms with Crippen molar-refractivity contribution in [2.24, 2.45) is 0 Å². The number of hydrogen-bond donors (Lipinski definition) is 2. The quantitative estimate of drug-likeness (QED) is 0.263. The molecule has 0 aliphatic carbocycles. The summed E-state index contributed by atoms with van der Waals surface area (Å²) in [4.78, 5) is 19.4. The van der Waals surface area contributed by atoms with Crippen molar-refractivity contribution in [2.75, 3.05) is 18.5 Å². The molecule has 0 fully saturated rings. The average Bonchev–Trinajstić information content (AvgIpc) is 3.71. The summed E-state index contributed by atoms with van der Waals surface area (Å²) in [7, 11) is 0. The number of H-pyrrole nitrogens is 1. The lowest BCUT2D eigenvalue weighted by atomic mass is 10.1. The molecule has 2 aromatic carbocycles. The molecule has 188 valence electrons. The minimum Gasteiger partial charge on any atom is -0.486 e. The molecule has 2 N–H and O–H groups in total. The zero-order valence-corrected chi connectivity index (χ0v) is 21.5. The van der Waals surface area contributed by atoms with E-state index >= 15 is 0 Å². The summed E-state index contributed by atoms with van der Waals surface area (Å²) in [5.74, 6) is 3.12. The molecule has 1 aliphatic heterocycles. The van der Waals surface area contributed by atoms with Crippen LogP contribution in [0.25, 0.3) is 32.0 Å². The van der Waals surface area contributed by atoms with Crippen LogP contribution in [0.4, 0.5) is 11.6 Å². The Labute approximate surface area is 222 Å². The molecule has 1 aliphatic rings. The van der Waals surface area contributed by atoms with Gasteiger partial charge in [0, 0.05) is 41.1 Å². The van der Waals surface area contributed by atoms with E-state index in [-0.39, 0.29) is 0 Å². The van der Waals surface area contributed by atoms with E-state index in [4.69, 9.17) is 19.4 Å². The third-order valence-electron chi connectivity index (χ3n) is 6.57. The molecule has 0 unspecified atom stereocenters. The van der Waals surface area contributed by atoms with Gasteiger partial charge in [0.1, 0.15) is 24.7 Å². The summed E-state index contributed by atoms with van der Waals surface area (Å²) in [6, 6.07) is 20.7. The van der Waals surface area contributed by atoms with E-state index in [0.29, 0.717) is 19.2 Å². The number of imidazole rings is 1. The van der Waals surface area contributed by atoms with E-state index in [9.17, 15) is 0 Å². The fourth-order valence-corrected chi connectivity index (χ4v) is 5.60. The monoisotopic (exact) mass is 520 g/mol. The Morgan fingerprint density at radius 3 is 2.63 bits per heavy atom. The standard InChI is InChI=1S/C29H24N6O2S/c1-18-30-12-13-35(18)17-19-2-5-21(6-3-19)32-29-33-27(22-10-11-31-28(22)34-29)26-9-8-25(38-26)20-4-7-23-24(16-20)37-15-14-36-23/h2-13,16H,14-15,17H2,1H3,(H2,31,32,33,34). The summed E-state index contributed by atoms with van der Waals surface area (Å²) in [5, 5.41) is 4.36. The summed E-state index contributed by atoms with van der Waals surface area (Å²) >= 11 is 1.69. The number of aromatic amines is 1. The second-order valence-corrected chi connectivity index (χ2v) is 10.2. The fourth-order valence-electron chi connectivity index (χ4n) is 4.59. The number of aryl methyl sites for hydroxylation is 1. The van der Waals surface area contributed by atoms with E-state index in [1.165, 1.54) is 5.56 Å². The summed E-state index contributed by atoms with van der Waals surface area (Å²) < 4.78 is 13.6. The minimum atomic E-state index is 0.544. The maximum Gasteiger partial charge on any atom is 0.229 e. The van der Waals surface area contributed by atoms with E-state index in [2.05, 4.69) is 62.3 Å². The van der Waals surface area contributed by atoms with E-state index < -0.39 is 0 Å². The van der Waals surface area contributed by atoms with Gasteiger partial charge in [-0.25, -0.2) is 9.97 Å². The summed E-state index contributed by atoms with van der Waals surface area (Å²) in [6.45, 7) is 3.95. The second-order valence-electron chi connectivity index (χ2n) is 9.08. The van der Waals surface area contributed by atoms with Gasteiger partial charge in [-0.1, -0.05) is 12.1 Å². The molecule has 0 radical (unpaired) electrons. The molecule has 0 amide bonds. The van der Waals surface area contributed by atoms with Crippen LogP contribution in [0.15, 0.2) is 79.3 Å². The van der Waals surface area contributed by atoms with Crippen molar-refractivity contribution in [3.63, 3.8) is 0 Å². The second kappa shape index (κ2) is 9.35. The molecule has 9 heteroatoms. The summed E-state index contributed by atoms with van der Waals surface area (Å²) in [6.07, 6.45) is 5.71. The van der Waals surface area contributed by atoms with Gasteiger partial charge in [-0.15, -0.1) is 11.3 Å². The van der Waals surface area contributed by atoms with Crippen molar-refractivity contribution in [1.82, 2.24) is 24.5 Å². The molecule has 0 saturated carbocycles. The highest BCUT2D eigenvalue weighted by molar-refractivity contribution is 7.18. The van der Waals surface area contributed by atoms with Crippen LogP contribution in [0.1, 0.15) is 11.4 Å². The number of fused-ring (bicyclic) bond motifs is 2. The number of benzene rings is 2. The van der Waals surface area contributed by atoms with E-state index in [0.717, 1.165) is 61.6 Å². The van der Waals surface area contributed by atoms with Crippen LogP contribution in [-0.2, 0) is 6.54 Å². The largest absolute Gasteiger partial charge is 0.486 e. The molecule has 0 bridgehead atoms. The Bertz CT molecular complexity index is 1750. The predicted octanol–water partition coefficient (Wildman–Crippen LogP) is 6.42. The zero-order chi connectivity index (χ0) is 25.5. The fraction of sp³-hybridized carbons (Fsp3) is 0.138.